The molecule has 3 N–H and O–H groups in total. The number of piperazine rings is 1. The average molecular weight is 513 g/mol. The van der Waals surface area contributed by atoms with E-state index in [9.17, 15) is 27.9 Å². The molecule has 1 aromatic heterocycles. The van der Waals surface area contributed by atoms with Crippen LogP contribution >= 0.6 is 0 Å². The molecule has 3 heterocycles. The highest BCUT2D eigenvalue weighted by Gasteiger charge is 2.32. The smallest absolute Gasteiger partial charge is 0.303 e. The highest BCUT2D eigenvalue weighted by atomic mass is 32.2. The van der Waals surface area contributed by atoms with Crippen LogP contribution in [0.3, 0.4) is 0 Å². The predicted molar refractivity (Wildman–Crippen MR) is 133 cm³/mol. The van der Waals surface area contributed by atoms with Gasteiger partial charge in [-0.3, -0.25) is 14.4 Å². The van der Waals surface area contributed by atoms with Crippen molar-refractivity contribution in [3.05, 3.63) is 46.3 Å². The number of amides is 1. The number of Topliss-reactive ketones (excluding diaryl/α,β-unsaturated/α-hetero) is 1. The maximum atomic E-state index is 13.3. The fourth-order valence-corrected chi connectivity index (χ4v) is 6.55. The van der Waals surface area contributed by atoms with Crippen molar-refractivity contribution >= 4 is 45.0 Å². The number of nitrogens with one attached hydrogen (secondary N) is 2. The predicted octanol–water partition coefficient (Wildman–Crippen LogP) is 1.98. The van der Waals surface area contributed by atoms with Gasteiger partial charge < -0.3 is 20.3 Å². The molecule has 190 valence electrons. The number of sulfonamides is 1. The van der Waals surface area contributed by atoms with Crippen molar-refractivity contribution in [3.8, 4) is 0 Å². The third kappa shape index (κ3) is 4.38. The molecular weight excluding hydrogens is 484 g/mol. The lowest BCUT2D eigenvalue weighted by Gasteiger charge is -2.31. The lowest BCUT2D eigenvalue weighted by Crippen LogP contribution is -2.47. The Kier molecular flexibility index (Phi) is 6.31. The van der Waals surface area contributed by atoms with Crippen LogP contribution < -0.4 is 5.32 Å². The molecular formula is C25H28N4O6S. The van der Waals surface area contributed by atoms with Crippen LogP contribution in [0, 0.1) is 0 Å². The zero-order valence-electron chi connectivity index (χ0n) is 20.0. The summed E-state index contributed by atoms with van der Waals surface area (Å²) in [5.41, 5.74) is 3.61. The van der Waals surface area contributed by atoms with E-state index in [1.165, 1.54) is 16.4 Å². The Morgan fingerprint density at radius 3 is 2.61 bits per heavy atom. The van der Waals surface area contributed by atoms with Gasteiger partial charge in [-0.15, -0.1) is 0 Å². The Bertz CT molecular complexity index is 1400. The zero-order valence-corrected chi connectivity index (χ0v) is 20.8. The lowest BCUT2D eigenvalue weighted by atomic mass is 9.91. The van der Waals surface area contributed by atoms with E-state index in [4.69, 9.17) is 0 Å². The standard InChI is InChI=1S/C25H28N4O6S/c1-28-9-11-29(12-10-28)36(34,35)15-5-7-19-17(13-15)18(25(33)27-19)14-21-16(6-8-23(31)32)24-20(26-21)3-2-4-22(24)30/h5,7,13-14,26H,2-4,6,8-12H2,1H3,(H,27,33)(H,31,32). The average Bonchev–Trinajstić information content (AvgIpc) is 3.35. The first-order chi connectivity index (χ1) is 17.1. The zero-order chi connectivity index (χ0) is 25.6. The molecule has 2 aliphatic heterocycles. The topological polar surface area (TPSA) is 140 Å². The van der Waals surface area contributed by atoms with Gasteiger partial charge in [0, 0.05) is 67.2 Å². The quantitative estimate of drug-likeness (QED) is 0.503. The summed E-state index contributed by atoms with van der Waals surface area (Å²) in [5.74, 6) is -1.40. The van der Waals surface area contributed by atoms with Crippen LogP contribution in [-0.2, 0) is 32.5 Å². The summed E-state index contributed by atoms with van der Waals surface area (Å²) >= 11 is 0. The molecule has 3 aliphatic rings. The van der Waals surface area contributed by atoms with Gasteiger partial charge in [-0.2, -0.15) is 4.31 Å². The first-order valence-corrected chi connectivity index (χ1v) is 13.4. The number of aromatic amines is 1. The minimum Gasteiger partial charge on any atom is -0.481 e. The number of anilines is 1. The maximum Gasteiger partial charge on any atom is 0.303 e. The molecule has 36 heavy (non-hydrogen) atoms. The number of fused-ring (bicyclic) bond motifs is 2. The summed E-state index contributed by atoms with van der Waals surface area (Å²) < 4.78 is 28.0. The summed E-state index contributed by atoms with van der Waals surface area (Å²) in [4.78, 5) is 42.2. The number of aliphatic carboxylic acids is 1. The van der Waals surface area contributed by atoms with Crippen LogP contribution in [0.4, 0.5) is 5.69 Å². The van der Waals surface area contributed by atoms with E-state index in [-0.39, 0.29) is 35.0 Å². The third-order valence-electron chi connectivity index (χ3n) is 7.08. The van der Waals surface area contributed by atoms with Crippen molar-refractivity contribution < 1.29 is 27.9 Å². The number of carboxylic acid groups (broad SMARTS) is 1. The van der Waals surface area contributed by atoms with Crippen molar-refractivity contribution in [3.63, 3.8) is 0 Å². The third-order valence-corrected chi connectivity index (χ3v) is 8.97. The molecule has 2 aromatic rings. The highest BCUT2D eigenvalue weighted by Crippen LogP contribution is 2.37. The van der Waals surface area contributed by atoms with E-state index >= 15 is 0 Å². The second-order valence-electron chi connectivity index (χ2n) is 9.47. The SMILES string of the molecule is CN1CCN(S(=O)(=O)c2ccc3c(c2)C(=Cc2[nH]c4c(c2CCC(=O)O)C(=O)CCC4)C(=O)N3)CC1. The van der Waals surface area contributed by atoms with E-state index in [1.807, 2.05) is 7.05 Å². The largest absolute Gasteiger partial charge is 0.481 e. The van der Waals surface area contributed by atoms with Gasteiger partial charge in [0.25, 0.3) is 5.91 Å². The lowest BCUT2D eigenvalue weighted by molar-refractivity contribution is -0.137. The number of rotatable bonds is 6. The molecule has 5 rings (SSSR count). The van der Waals surface area contributed by atoms with Gasteiger partial charge in [0.05, 0.1) is 10.5 Å². The number of likely N-dealkylation sites (N-methyl/N-ethyl adjacent to an activating group) is 1. The minimum absolute atomic E-state index is 0.0330. The van der Waals surface area contributed by atoms with E-state index < -0.39 is 16.0 Å². The van der Waals surface area contributed by atoms with Crippen LogP contribution in [0.5, 0.6) is 0 Å². The molecule has 1 saturated heterocycles. The number of H-pyrrole nitrogens is 1. The number of carboxylic acids is 1. The Morgan fingerprint density at radius 1 is 1.14 bits per heavy atom. The Balaban J connectivity index is 1.55. The van der Waals surface area contributed by atoms with Crippen molar-refractivity contribution in [2.45, 2.75) is 37.0 Å². The molecule has 0 saturated carbocycles. The highest BCUT2D eigenvalue weighted by molar-refractivity contribution is 7.89. The summed E-state index contributed by atoms with van der Waals surface area (Å²) in [6.07, 6.45) is 3.38. The van der Waals surface area contributed by atoms with Gasteiger partial charge in [0.2, 0.25) is 10.0 Å². The molecule has 1 amide bonds. The Labute approximate surface area is 209 Å². The molecule has 0 bridgehead atoms. The summed E-state index contributed by atoms with van der Waals surface area (Å²) in [7, 11) is -1.79. The fraction of sp³-hybridized carbons (Fsp3) is 0.400. The molecule has 1 fully saturated rings. The van der Waals surface area contributed by atoms with Crippen LogP contribution in [-0.4, -0.2) is 78.6 Å². The molecule has 10 nitrogen and oxygen atoms in total. The van der Waals surface area contributed by atoms with Gasteiger partial charge >= 0.3 is 5.97 Å². The maximum absolute atomic E-state index is 13.3. The van der Waals surface area contributed by atoms with E-state index in [0.29, 0.717) is 73.5 Å². The normalized spacial score (nSPS) is 19.9. The molecule has 1 aromatic carbocycles. The van der Waals surface area contributed by atoms with E-state index in [0.717, 1.165) is 5.69 Å². The van der Waals surface area contributed by atoms with Crippen LogP contribution in [0.2, 0.25) is 0 Å². The van der Waals surface area contributed by atoms with Gasteiger partial charge in [-0.05, 0) is 56.1 Å². The number of ketones is 1. The van der Waals surface area contributed by atoms with Gasteiger partial charge in [-0.1, -0.05) is 0 Å². The number of aromatic nitrogens is 1. The van der Waals surface area contributed by atoms with Crippen molar-refractivity contribution in [1.82, 2.24) is 14.2 Å². The van der Waals surface area contributed by atoms with Crippen molar-refractivity contribution in [1.29, 1.82) is 0 Å². The summed E-state index contributed by atoms with van der Waals surface area (Å²) in [6, 6.07) is 4.60. The number of carbonyl (C=O) groups is 3. The molecule has 11 heteroatoms. The number of carbonyl (C=O) groups excluding carboxylic acids is 2. The Hall–Kier alpha value is -3.28. The summed E-state index contributed by atoms with van der Waals surface area (Å²) in [6.45, 7) is 2.07. The first kappa shape index (κ1) is 24.4. The Morgan fingerprint density at radius 2 is 1.89 bits per heavy atom. The molecule has 0 atom stereocenters. The van der Waals surface area contributed by atoms with Gasteiger partial charge in [0.15, 0.2) is 5.78 Å². The molecule has 0 spiro atoms. The number of hydrogen-bond donors (Lipinski definition) is 3. The fourth-order valence-electron chi connectivity index (χ4n) is 5.10. The summed E-state index contributed by atoms with van der Waals surface area (Å²) in [5, 5.41) is 12.0. The molecule has 1 aliphatic carbocycles. The van der Waals surface area contributed by atoms with Crippen molar-refractivity contribution in [2.75, 3.05) is 38.5 Å². The van der Waals surface area contributed by atoms with E-state index in [1.54, 1.807) is 12.1 Å². The minimum atomic E-state index is -3.73. The number of aryl methyl sites for hydroxylation is 1. The number of nitrogens with zero attached hydrogens (tertiary/aromatic N) is 2. The van der Waals surface area contributed by atoms with Crippen molar-refractivity contribution in [2.24, 2.45) is 0 Å². The van der Waals surface area contributed by atoms with Crippen LogP contribution in [0.15, 0.2) is 23.1 Å². The molecule has 0 unspecified atom stereocenters. The van der Waals surface area contributed by atoms with Gasteiger partial charge in [0.1, 0.15) is 0 Å². The number of hydrogen-bond acceptors (Lipinski definition) is 6. The number of benzene rings is 1. The van der Waals surface area contributed by atoms with Gasteiger partial charge in [-0.25, -0.2) is 8.42 Å². The molecule has 0 radical (unpaired) electrons. The van der Waals surface area contributed by atoms with Crippen LogP contribution in [0.1, 0.15) is 52.1 Å². The monoisotopic (exact) mass is 512 g/mol. The van der Waals surface area contributed by atoms with E-state index in [2.05, 4.69) is 15.2 Å². The second kappa shape index (κ2) is 9.30. The first-order valence-electron chi connectivity index (χ1n) is 12.0. The second-order valence-corrected chi connectivity index (χ2v) is 11.4. The van der Waals surface area contributed by atoms with Crippen LogP contribution in [0.25, 0.3) is 11.6 Å².